The molecule has 1 aliphatic rings. The van der Waals surface area contributed by atoms with Crippen molar-refractivity contribution in [1.82, 2.24) is 9.55 Å². The maximum Gasteiger partial charge on any atom is 0.341 e. The van der Waals surface area contributed by atoms with E-state index in [2.05, 4.69) is 17.2 Å². The summed E-state index contributed by atoms with van der Waals surface area (Å²) in [5.41, 5.74) is 2.01. The molecule has 0 spiro atoms. The van der Waals surface area contributed by atoms with Crippen molar-refractivity contribution >= 4 is 50.9 Å². The third kappa shape index (κ3) is 4.45. The van der Waals surface area contributed by atoms with Crippen LogP contribution >= 0.6 is 23.1 Å². The summed E-state index contributed by atoms with van der Waals surface area (Å²) in [6, 6.07) is 7.25. The number of carbonyl (C=O) groups excluding carboxylic acids is 2. The minimum Gasteiger partial charge on any atom is -0.465 e. The van der Waals surface area contributed by atoms with Crippen LogP contribution in [0.5, 0.6) is 0 Å². The molecule has 32 heavy (non-hydrogen) atoms. The number of fused-ring (bicyclic) bond motifs is 2. The topological polar surface area (TPSA) is 90.3 Å². The normalized spacial score (nSPS) is 12.7. The molecule has 0 bridgehead atoms. The molecular formula is C23H25N3O4S2. The number of carbonyl (C=O) groups is 2. The van der Waals surface area contributed by atoms with Gasteiger partial charge in [0.1, 0.15) is 5.00 Å². The zero-order valence-corrected chi connectivity index (χ0v) is 19.7. The van der Waals surface area contributed by atoms with Gasteiger partial charge >= 0.3 is 5.97 Å². The molecule has 7 nitrogen and oxygen atoms in total. The number of aromatic nitrogens is 2. The van der Waals surface area contributed by atoms with E-state index in [0.29, 0.717) is 33.2 Å². The molecule has 9 heteroatoms. The van der Waals surface area contributed by atoms with Gasteiger partial charge in [-0.1, -0.05) is 37.2 Å². The monoisotopic (exact) mass is 471 g/mol. The quantitative estimate of drug-likeness (QED) is 0.300. The SMILES string of the molecule is CCCCn1c(SCC(=O)Nc2sc3c(c2C(=O)OC)CCC3)nc2ccccc2c1=O. The largest absolute Gasteiger partial charge is 0.465 e. The Bertz CT molecular complexity index is 1230. The number of nitrogens with zero attached hydrogens (tertiary/aromatic N) is 2. The number of unbranched alkanes of at least 4 members (excludes halogenated alkanes) is 1. The number of methoxy groups -OCH3 is 1. The van der Waals surface area contributed by atoms with E-state index in [-0.39, 0.29) is 17.2 Å². The highest BCUT2D eigenvalue weighted by Gasteiger charge is 2.28. The highest BCUT2D eigenvalue weighted by Crippen LogP contribution is 2.39. The van der Waals surface area contributed by atoms with Gasteiger partial charge in [-0.05, 0) is 43.4 Å². The second-order valence-corrected chi connectivity index (χ2v) is 9.66. The van der Waals surface area contributed by atoms with Gasteiger partial charge in [-0.2, -0.15) is 0 Å². The maximum atomic E-state index is 13.0. The molecule has 2 heterocycles. The Labute approximate surface area is 194 Å². The van der Waals surface area contributed by atoms with Gasteiger partial charge in [-0.15, -0.1) is 11.3 Å². The van der Waals surface area contributed by atoms with Gasteiger partial charge in [0, 0.05) is 11.4 Å². The maximum absolute atomic E-state index is 13.0. The van der Waals surface area contributed by atoms with Gasteiger partial charge in [0.2, 0.25) is 5.91 Å². The average Bonchev–Trinajstić information content (AvgIpc) is 3.37. The Morgan fingerprint density at radius 3 is 2.88 bits per heavy atom. The third-order valence-corrected chi connectivity index (χ3v) is 7.64. The van der Waals surface area contributed by atoms with Crippen molar-refractivity contribution < 1.29 is 14.3 Å². The van der Waals surface area contributed by atoms with Gasteiger partial charge in [0.05, 0.1) is 29.3 Å². The van der Waals surface area contributed by atoms with Gasteiger partial charge in [-0.25, -0.2) is 9.78 Å². The number of hydrogen-bond acceptors (Lipinski definition) is 7. The van der Waals surface area contributed by atoms with Gasteiger partial charge in [0.15, 0.2) is 5.16 Å². The molecule has 0 atom stereocenters. The fourth-order valence-corrected chi connectivity index (χ4v) is 5.99. The molecule has 168 valence electrons. The molecule has 0 saturated heterocycles. The Hall–Kier alpha value is -2.65. The van der Waals surface area contributed by atoms with Crippen LogP contribution in [0.2, 0.25) is 0 Å². The third-order valence-electron chi connectivity index (χ3n) is 5.46. The minimum atomic E-state index is -0.419. The Morgan fingerprint density at radius 1 is 1.28 bits per heavy atom. The number of esters is 1. The number of hydrogen-bond donors (Lipinski definition) is 1. The average molecular weight is 472 g/mol. The number of aryl methyl sites for hydroxylation is 1. The van der Waals surface area contributed by atoms with Crippen LogP contribution in [0.1, 0.15) is 47.0 Å². The van der Waals surface area contributed by atoms with Crippen molar-refractivity contribution in [1.29, 1.82) is 0 Å². The standard InChI is InChI=1S/C23H25N3O4S2/c1-3-4-12-26-21(28)14-8-5-6-10-16(14)24-23(26)31-13-18(27)25-20-19(22(29)30-2)15-9-7-11-17(15)32-20/h5-6,8,10H,3-4,7,9,11-13H2,1-2H3,(H,25,27). The second-order valence-electron chi connectivity index (χ2n) is 7.61. The van der Waals surface area contributed by atoms with E-state index < -0.39 is 5.97 Å². The van der Waals surface area contributed by atoms with Crippen molar-refractivity contribution in [3.05, 3.63) is 50.6 Å². The summed E-state index contributed by atoms with van der Waals surface area (Å²) in [6.07, 6.45) is 4.55. The van der Waals surface area contributed by atoms with E-state index in [4.69, 9.17) is 4.74 Å². The van der Waals surface area contributed by atoms with Crippen molar-refractivity contribution in [2.24, 2.45) is 0 Å². The Balaban J connectivity index is 1.55. The van der Waals surface area contributed by atoms with E-state index in [1.807, 2.05) is 12.1 Å². The summed E-state index contributed by atoms with van der Waals surface area (Å²) < 4.78 is 6.60. The number of ether oxygens (including phenoxy) is 1. The molecule has 0 fully saturated rings. The van der Waals surface area contributed by atoms with Crippen LogP contribution in [0.3, 0.4) is 0 Å². The number of thioether (sulfide) groups is 1. The summed E-state index contributed by atoms with van der Waals surface area (Å²) in [5.74, 6) is -0.582. The lowest BCUT2D eigenvalue weighted by Crippen LogP contribution is -2.24. The van der Waals surface area contributed by atoms with E-state index in [0.717, 1.165) is 42.5 Å². The van der Waals surface area contributed by atoms with Gasteiger partial charge < -0.3 is 10.1 Å². The first-order valence-corrected chi connectivity index (χ1v) is 12.5. The summed E-state index contributed by atoms with van der Waals surface area (Å²) in [7, 11) is 1.35. The highest BCUT2D eigenvalue weighted by molar-refractivity contribution is 7.99. The summed E-state index contributed by atoms with van der Waals surface area (Å²) in [4.78, 5) is 43.8. The van der Waals surface area contributed by atoms with Crippen molar-refractivity contribution in [3.8, 4) is 0 Å². The molecule has 1 aromatic carbocycles. The first-order valence-electron chi connectivity index (χ1n) is 10.7. The van der Waals surface area contributed by atoms with Crippen molar-refractivity contribution in [2.75, 3.05) is 18.2 Å². The molecule has 0 saturated carbocycles. The predicted octanol–water partition coefficient (Wildman–Crippen LogP) is 4.26. The van der Waals surface area contributed by atoms with Gasteiger partial charge in [0.25, 0.3) is 5.56 Å². The lowest BCUT2D eigenvalue weighted by atomic mass is 10.1. The van der Waals surface area contributed by atoms with Crippen LogP contribution in [0, 0.1) is 0 Å². The number of anilines is 1. The fourth-order valence-electron chi connectivity index (χ4n) is 3.87. The molecule has 1 amide bonds. The zero-order valence-electron chi connectivity index (χ0n) is 18.1. The lowest BCUT2D eigenvalue weighted by molar-refractivity contribution is -0.113. The Morgan fingerprint density at radius 2 is 2.09 bits per heavy atom. The van der Waals surface area contributed by atoms with E-state index in [1.54, 1.807) is 16.7 Å². The Kier molecular flexibility index (Phi) is 6.95. The number of nitrogens with one attached hydrogen (secondary N) is 1. The smallest absolute Gasteiger partial charge is 0.341 e. The highest BCUT2D eigenvalue weighted by atomic mass is 32.2. The molecular weight excluding hydrogens is 446 g/mol. The number of benzene rings is 1. The minimum absolute atomic E-state index is 0.0834. The summed E-state index contributed by atoms with van der Waals surface area (Å²) >= 11 is 2.68. The van der Waals surface area contributed by atoms with Crippen LogP contribution in [-0.4, -0.2) is 34.3 Å². The number of amides is 1. The zero-order chi connectivity index (χ0) is 22.7. The number of rotatable bonds is 8. The van der Waals surface area contributed by atoms with Crippen LogP contribution in [0.4, 0.5) is 5.00 Å². The molecule has 1 N–H and O–H groups in total. The summed E-state index contributed by atoms with van der Waals surface area (Å²) in [5, 5.41) is 4.53. The van der Waals surface area contributed by atoms with E-state index in [1.165, 1.54) is 30.2 Å². The first kappa shape index (κ1) is 22.5. The molecule has 4 rings (SSSR count). The molecule has 0 radical (unpaired) electrons. The molecule has 0 aliphatic heterocycles. The fraction of sp³-hybridized carbons (Fsp3) is 0.391. The van der Waals surface area contributed by atoms with E-state index in [9.17, 15) is 14.4 Å². The van der Waals surface area contributed by atoms with Crippen LogP contribution in [-0.2, 0) is 28.9 Å². The first-order chi connectivity index (χ1) is 15.5. The number of thiophene rings is 1. The van der Waals surface area contributed by atoms with Gasteiger partial charge in [-0.3, -0.25) is 14.2 Å². The van der Waals surface area contributed by atoms with Crippen LogP contribution in [0.25, 0.3) is 10.9 Å². The number of para-hydroxylation sites is 1. The van der Waals surface area contributed by atoms with Crippen molar-refractivity contribution in [2.45, 2.75) is 50.7 Å². The van der Waals surface area contributed by atoms with Crippen LogP contribution < -0.4 is 10.9 Å². The van der Waals surface area contributed by atoms with Crippen LogP contribution in [0.15, 0.2) is 34.2 Å². The second kappa shape index (κ2) is 9.87. The van der Waals surface area contributed by atoms with E-state index >= 15 is 0 Å². The molecule has 1 aliphatic carbocycles. The molecule has 3 aromatic rings. The predicted molar refractivity (Wildman–Crippen MR) is 128 cm³/mol. The summed E-state index contributed by atoms with van der Waals surface area (Å²) in [6.45, 7) is 2.62. The lowest BCUT2D eigenvalue weighted by Gasteiger charge is -2.13. The van der Waals surface area contributed by atoms with Crippen molar-refractivity contribution in [3.63, 3.8) is 0 Å². The molecule has 2 aromatic heterocycles. The molecule has 0 unspecified atom stereocenters.